The van der Waals surface area contributed by atoms with Crippen molar-refractivity contribution in [3.63, 3.8) is 0 Å². The van der Waals surface area contributed by atoms with Crippen molar-refractivity contribution in [3.05, 3.63) is 29.6 Å². The summed E-state index contributed by atoms with van der Waals surface area (Å²) in [6.07, 6.45) is 0.811. The maximum Gasteiger partial charge on any atom is 0.340 e. The molecule has 0 amide bonds. The van der Waals surface area contributed by atoms with Gasteiger partial charge in [-0.1, -0.05) is 6.92 Å². The highest BCUT2D eigenvalue weighted by atomic mass is 32.2. The van der Waals surface area contributed by atoms with Crippen LogP contribution in [0, 0.1) is 0 Å². The largest absolute Gasteiger partial charge is 0.454 e. The molecule has 1 aromatic heterocycles. The second kappa shape index (κ2) is 9.57. The highest BCUT2D eigenvalue weighted by Crippen LogP contribution is 2.23. The maximum absolute atomic E-state index is 12.6. The average molecular weight is 412 g/mol. The zero-order valence-corrected chi connectivity index (χ0v) is 16.8. The van der Waals surface area contributed by atoms with Gasteiger partial charge in [-0.3, -0.25) is 0 Å². The molecule has 0 spiro atoms. The molecule has 11 nitrogen and oxygen atoms in total. The van der Waals surface area contributed by atoms with E-state index < -0.39 is 16.0 Å². The summed E-state index contributed by atoms with van der Waals surface area (Å²) in [5.41, 5.74) is 0.385. The Morgan fingerprint density at radius 3 is 2.75 bits per heavy atom. The number of aliphatic hydroxyl groups excluding tert-OH is 1. The lowest BCUT2D eigenvalue weighted by Gasteiger charge is -2.15. The van der Waals surface area contributed by atoms with Crippen molar-refractivity contribution in [1.29, 1.82) is 0 Å². The summed E-state index contributed by atoms with van der Waals surface area (Å²) in [5.74, 6) is -0.348. The number of hydrogen-bond donors (Lipinski definition) is 2. The molecule has 12 heteroatoms. The van der Waals surface area contributed by atoms with Gasteiger partial charge in [0.05, 0.1) is 17.1 Å². The van der Waals surface area contributed by atoms with E-state index in [4.69, 9.17) is 9.84 Å². The summed E-state index contributed by atoms with van der Waals surface area (Å²) >= 11 is 0. The minimum Gasteiger partial charge on any atom is -0.454 e. The molecule has 0 saturated carbocycles. The summed E-state index contributed by atoms with van der Waals surface area (Å²) in [5, 5.41) is 23.1. The predicted octanol–water partition coefficient (Wildman–Crippen LogP) is 0.0946. The lowest BCUT2D eigenvalue weighted by Crippen LogP contribution is -2.23. The molecule has 0 saturated heterocycles. The van der Waals surface area contributed by atoms with Crippen molar-refractivity contribution in [2.45, 2.75) is 31.4 Å². The van der Waals surface area contributed by atoms with Gasteiger partial charge in [-0.25, -0.2) is 22.2 Å². The minimum atomic E-state index is -3.73. The normalized spacial score (nSPS) is 11.6. The van der Waals surface area contributed by atoms with Crippen LogP contribution in [0.2, 0.25) is 0 Å². The molecule has 1 heterocycles. The molecule has 28 heavy (non-hydrogen) atoms. The van der Waals surface area contributed by atoms with E-state index in [1.165, 1.54) is 37.0 Å². The van der Waals surface area contributed by atoms with E-state index in [2.05, 4.69) is 20.8 Å². The zero-order valence-electron chi connectivity index (χ0n) is 16.0. The first-order chi connectivity index (χ1) is 13.3. The number of nitrogens with zero attached hydrogens (tertiary/aromatic N) is 5. The first kappa shape index (κ1) is 21.7. The first-order valence-corrected chi connectivity index (χ1v) is 10.1. The van der Waals surface area contributed by atoms with E-state index in [9.17, 15) is 13.2 Å². The van der Waals surface area contributed by atoms with Crippen LogP contribution in [0.25, 0.3) is 0 Å². The molecule has 2 rings (SSSR count). The molecule has 0 fully saturated rings. The van der Waals surface area contributed by atoms with Crippen LogP contribution in [0.1, 0.15) is 29.5 Å². The Labute approximate surface area is 163 Å². The van der Waals surface area contributed by atoms with Gasteiger partial charge in [-0.15, -0.1) is 5.10 Å². The number of sulfonamides is 1. The fraction of sp³-hybridized carbons (Fsp3) is 0.500. The molecule has 2 aromatic rings. The molecule has 154 valence electrons. The molecular formula is C16H24N6O5S. The maximum atomic E-state index is 12.6. The smallest absolute Gasteiger partial charge is 0.340 e. The van der Waals surface area contributed by atoms with Crippen molar-refractivity contribution >= 4 is 21.7 Å². The van der Waals surface area contributed by atoms with Crippen LogP contribution in [-0.4, -0.2) is 71.3 Å². The van der Waals surface area contributed by atoms with E-state index in [-0.39, 0.29) is 30.2 Å². The fourth-order valence-corrected chi connectivity index (χ4v) is 3.26. The Morgan fingerprint density at radius 2 is 2.11 bits per heavy atom. The van der Waals surface area contributed by atoms with Crippen LogP contribution >= 0.6 is 0 Å². The van der Waals surface area contributed by atoms with Crippen LogP contribution in [0.5, 0.6) is 0 Å². The SMILES string of the molecule is CCCn1nnnc1COC(=O)c1cc(S(=O)(=O)N(C)C)ccc1NCCO. The van der Waals surface area contributed by atoms with Gasteiger partial charge in [0.25, 0.3) is 0 Å². The van der Waals surface area contributed by atoms with Gasteiger partial charge in [0.2, 0.25) is 10.0 Å². The van der Waals surface area contributed by atoms with Crippen molar-refractivity contribution < 1.29 is 23.1 Å². The van der Waals surface area contributed by atoms with Crippen LogP contribution in [0.3, 0.4) is 0 Å². The van der Waals surface area contributed by atoms with Gasteiger partial charge in [-0.05, 0) is 35.0 Å². The highest BCUT2D eigenvalue weighted by molar-refractivity contribution is 7.89. The third-order valence-electron chi connectivity index (χ3n) is 3.79. The number of carbonyl (C=O) groups excluding carboxylic acids is 1. The number of nitrogens with one attached hydrogen (secondary N) is 1. The van der Waals surface area contributed by atoms with Gasteiger partial charge >= 0.3 is 5.97 Å². The molecule has 0 radical (unpaired) electrons. The Kier molecular flexibility index (Phi) is 7.43. The number of anilines is 1. The summed E-state index contributed by atoms with van der Waals surface area (Å²) in [6, 6.07) is 4.09. The summed E-state index contributed by atoms with van der Waals surface area (Å²) in [7, 11) is -0.927. The molecule has 0 bridgehead atoms. The number of aromatic nitrogens is 4. The predicted molar refractivity (Wildman–Crippen MR) is 100 cm³/mol. The Balaban J connectivity index is 2.29. The molecule has 0 atom stereocenters. The lowest BCUT2D eigenvalue weighted by atomic mass is 10.2. The third kappa shape index (κ3) is 5.03. The van der Waals surface area contributed by atoms with E-state index in [0.717, 1.165) is 10.7 Å². The fourth-order valence-electron chi connectivity index (χ4n) is 2.33. The van der Waals surface area contributed by atoms with E-state index in [0.29, 0.717) is 18.1 Å². The summed E-state index contributed by atoms with van der Waals surface area (Å²) < 4.78 is 32.6. The quantitative estimate of drug-likeness (QED) is 0.520. The van der Waals surface area contributed by atoms with E-state index >= 15 is 0 Å². The number of aliphatic hydroxyl groups is 1. The van der Waals surface area contributed by atoms with Crippen molar-refractivity contribution in [2.24, 2.45) is 0 Å². The number of hydrogen-bond acceptors (Lipinski definition) is 9. The molecular weight excluding hydrogens is 388 g/mol. The number of carbonyl (C=O) groups is 1. The summed E-state index contributed by atoms with van der Waals surface area (Å²) in [4.78, 5) is 12.6. The highest BCUT2D eigenvalue weighted by Gasteiger charge is 2.22. The number of ether oxygens (including phenoxy) is 1. The second-order valence-corrected chi connectivity index (χ2v) is 8.19. The minimum absolute atomic E-state index is 0.0332. The van der Waals surface area contributed by atoms with Crippen molar-refractivity contribution in [1.82, 2.24) is 24.5 Å². The number of esters is 1. The van der Waals surface area contributed by atoms with Gasteiger partial charge < -0.3 is 15.2 Å². The third-order valence-corrected chi connectivity index (χ3v) is 5.60. The van der Waals surface area contributed by atoms with E-state index in [1.54, 1.807) is 0 Å². The molecule has 0 aliphatic heterocycles. The van der Waals surface area contributed by atoms with Crippen molar-refractivity contribution in [3.8, 4) is 0 Å². The van der Waals surface area contributed by atoms with Gasteiger partial charge in [-0.2, -0.15) is 0 Å². The number of tetrazole rings is 1. The molecule has 0 aliphatic rings. The molecule has 0 unspecified atom stereocenters. The zero-order chi connectivity index (χ0) is 20.7. The Bertz CT molecular complexity index is 912. The molecule has 0 aliphatic carbocycles. The lowest BCUT2D eigenvalue weighted by molar-refractivity contribution is 0.0457. The number of aryl methyl sites for hydroxylation is 1. The first-order valence-electron chi connectivity index (χ1n) is 8.64. The van der Waals surface area contributed by atoms with Crippen LogP contribution in [-0.2, 0) is 27.9 Å². The van der Waals surface area contributed by atoms with Crippen LogP contribution in [0.15, 0.2) is 23.1 Å². The van der Waals surface area contributed by atoms with Gasteiger partial charge in [0.1, 0.15) is 0 Å². The monoisotopic (exact) mass is 412 g/mol. The number of benzene rings is 1. The van der Waals surface area contributed by atoms with Crippen molar-refractivity contribution in [2.75, 3.05) is 32.6 Å². The molecule has 2 N–H and O–H groups in total. The number of rotatable bonds is 10. The van der Waals surface area contributed by atoms with Crippen LogP contribution < -0.4 is 5.32 Å². The Hall–Kier alpha value is -2.57. The summed E-state index contributed by atoms with van der Waals surface area (Å²) in [6.45, 7) is 2.43. The second-order valence-electron chi connectivity index (χ2n) is 6.04. The standard InChI is InChI=1S/C16H24N6O5S/c1-4-8-22-15(18-19-20-22)11-27-16(24)13-10-12(28(25,26)21(2)3)5-6-14(13)17-7-9-23/h5-6,10,17,23H,4,7-9,11H2,1-3H3. The van der Waals surface area contributed by atoms with Crippen LogP contribution in [0.4, 0.5) is 5.69 Å². The topological polar surface area (TPSA) is 140 Å². The van der Waals surface area contributed by atoms with Gasteiger partial charge in [0, 0.05) is 32.9 Å². The Morgan fingerprint density at radius 1 is 1.36 bits per heavy atom. The average Bonchev–Trinajstić information content (AvgIpc) is 3.11. The van der Waals surface area contributed by atoms with Gasteiger partial charge in [0.15, 0.2) is 12.4 Å². The molecule has 1 aromatic carbocycles. The van der Waals surface area contributed by atoms with E-state index in [1.807, 2.05) is 6.92 Å².